The molecule has 0 atom stereocenters. The van der Waals surface area contributed by atoms with E-state index in [0.29, 0.717) is 16.8 Å². The number of ketones is 1. The smallest absolute Gasteiger partial charge is 0.230 e. The number of anilines is 1. The van der Waals surface area contributed by atoms with Crippen LogP contribution >= 0.6 is 36.2 Å². The van der Waals surface area contributed by atoms with E-state index in [0.717, 1.165) is 0 Å². The van der Waals surface area contributed by atoms with E-state index in [-0.39, 0.29) is 42.3 Å². The first-order valence-corrected chi connectivity index (χ1v) is 5.80. The van der Waals surface area contributed by atoms with Crippen LogP contribution in [0.1, 0.15) is 16.2 Å². The van der Waals surface area contributed by atoms with Crippen molar-refractivity contribution in [3.05, 3.63) is 23.0 Å². The summed E-state index contributed by atoms with van der Waals surface area (Å²) < 4.78 is 0. The van der Waals surface area contributed by atoms with Crippen LogP contribution < -0.4 is 16.8 Å². The van der Waals surface area contributed by atoms with Gasteiger partial charge in [-0.15, -0.1) is 36.2 Å². The Morgan fingerprint density at radius 2 is 2.15 bits per heavy atom. The molecule has 0 aliphatic heterocycles. The Hall–Kier alpha value is -1.84. The largest absolute Gasteiger partial charge is 0.370 e. The molecule has 8 nitrogen and oxygen atoms in total. The van der Waals surface area contributed by atoms with Crippen LogP contribution in [0.2, 0.25) is 0 Å². The number of aliphatic imine (C=N–C) groups is 1. The van der Waals surface area contributed by atoms with Gasteiger partial charge in [-0.2, -0.15) is 4.99 Å². The molecule has 2 rings (SSSR count). The first kappa shape index (κ1) is 18.2. The maximum atomic E-state index is 12.0. The molecule has 0 saturated carbocycles. The molecule has 0 fully saturated rings. The van der Waals surface area contributed by atoms with Crippen molar-refractivity contribution in [2.45, 2.75) is 0 Å². The Balaban J connectivity index is 0.00000180. The Morgan fingerprint density at radius 1 is 1.45 bits per heavy atom. The normalized spacial score (nSPS) is 9.05. The molecule has 0 amide bonds. The number of rotatable bonds is 4. The summed E-state index contributed by atoms with van der Waals surface area (Å²) in [5, 5.41) is 4.72. The number of nitrogens with zero attached hydrogens (tertiary/aromatic N) is 3. The third-order valence-corrected chi connectivity index (χ3v) is 2.74. The van der Waals surface area contributed by atoms with Gasteiger partial charge in [-0.25, -0.2) is 9.97 Å². The van der Waals surface area contributed by atoms with Crippen molar-refractivity contribution in [3.63, 3.8) is 0 Å². The molecule has 20 heavy (non-hydrogen) atoms. The number of thiazole rings is 1. The van der Waals surface area contributed by atoms with E-state index in [2.05, 4.69) is 25.3 Å². The van der Waals surface area contributed by atoms with Gasteiger partial charge in [-0.1, -0.05) is 0 Å². The number of H-pyrrole nitrogens is 1. The number of nitrogens with one attached hydrogen (secondary N) is 2. The molecule has 2 heterocycles. The van der Waals surface area contributed by atoms with Crippen LogP contribution in [0.15, 0.2) is 16.6 Å². The highest BCUT2D eigenvalue weighted by Gasteiger charge is 2.15. The molecule has 0 bridgehead atoms. The second kappa shape index (κ2) is 7.68. The van der Waals surface area contributed by atoms with Crippen LogP contribution in [0.4, 0.5) is 11.1 Å². The lowest BCUT2D eigenvalue weighted by atomic mass is 10.2. The molecule has 0 aromatic carbocycles. The number of hydrogen-bond donors (Lipinski definition) is 4. The van der Waals surface area contributed by atoms with Crippen LogP contribution in [-0.4, -0.2) is 33.7 Å². The van der Waals surface area contributed by atoms with Gasteiger partial charge in [-0.05, 0) is 0 Å². The number of aromatic nitrogens is 3. The number of guanidine groups is 1. The van der Waals surface area contributed by atoms with Gasteiger partial charge in [0.1, 0.15) is 11.4 Å². The number of nitrogens with two attached hydrogens (primary N) is 2. The van der Waals surface area contributed by atoms with Crippen molar-refractivity contribution in [2.75, 3.05) is 12.4 Å². The van der Waals surface area contributed by atoms with Crippen LogP contribution in [0.25, 0.3) is 0 Å². The number of carbonyl (C=O) groups excluding carboxylic acids is 1. The Labute approximate surface area is 130 Å². The highest BCUT2D eigenvalue weighted by atomic mass is 35.5. The SMILES string of the molecule is CNc1ncc(C(=O)c2csc(N=C(N)N)n2)[nH]1.Cl.Cl. The van der Waals surface area contributed by atoms with Crippen molar-refractivity contribution in [2.24, 2.45) is 16.5 Å². The fourth-order valence-corrected chi connectivity index (χ4v) is 1.92. The molecule has 0 spiro atoms. The van der Waals surface area contributed by atoms with Gasteiger partial charge in [0, 0.05) is 12.4 Å². The molecule has 0 unspecified atom stereocenters. The van der Waals surface area contributed by atoms with Gasteiger partial charge in [0.15, 0.2) is 11.9 Å². The summed E-state index contributed by atoms with van der Waals surface area (Å²) in [6.45, 7) is 0. The quantitative estimate of drug-likeness (QED) is 0.371. The van der Waals surface area contributed by atoms with E-state index in [4.69, 9.17) is 11.5 Å². The summed E-state index contributed by atoms with van der Waals surface area (Å²) in [5.41, 5.74) is 11.1. The molecule has 110 valence electrons. The highest BCUT2D eigenvalue weighted by Crippen LogP contribution is 2.20. The Morgan fingerprint density at radius 3 is 2.70 bits per heavy atom. The van der Waals surface area contributed by atoms with E-state index in [9.17, 15) is 4.79 Å². The van der Waals surface area contributed by atoms with Crippen LogP contribution in [0, 0.1) is 0 Å². The molecule has 0 radical (unpaired) electrons. The van der Waals surface area contributed by atoms with Crippen molar-refractivity contribution < 1.29 is 4.79 Å². The molecular formula is C9H13Cl2N7OS. The van der Waals surface area contributed by atoms with Gasteiger partial charge in [0.2, 0.25) is 10.9 Å². The number of halogens is 2. The molecular weight excluding hydrogens is 325 g/mol. The zero-order valence-corrected chi connectivity index (χ0v) is 12.7. The minimum absolute atomic E-state index is 0. The van der Waals surface area contributed by atoms with Gasteiger partial charge in [0.05, 0.1) is 6.20 Å². The van der Waals surface area contributed by atoms with Crippen LogP contribution in [0.3, 0.4) is 0 Å². The second-order valence-electron chi connectivity index (χ2n) is 3.28. The monoisotopic (exact) mass is 337 g/mol. The minimum atomic E-state index is -0.266. The van der Waals surface area contributed by atoms with Gasteiger partial charge >= 0.3 is 0 Å². The number of imidazole rings is 1. The van der Waals surface area contributed by atoms with Crippen molar-refractivity contribution in [1.82, 2.24) is 15.0 Å². The summed E-state index contributed by atoms with van der Waals surface area (Å²) >= 11 is 1.18. The maximum Gasteiger partial charge on any atom is 0.230 e. The molecule has 11 heteroatoms. The second-order valence-corrected chi connectivity index (χ2v) is 4.11. The first-order valence-electron chi connectivity index (χ1n) is 4.92. The minimum Gasteiger partial charge on any atom is -0.370 e. The third kappa shape index (κ3) is 4.08. The van der Waals surface area contributed by atoms with Crippen molar-refractivity contribution >= 4 is 59.0 Å². The molecule has 6 N–H and O–H groups in total. The lowest BCUT2D eigenvalue weighted by molar-refractivity contribution is 0.103. The number of aromatic amines is 1. The first-order chi connectivity index (χ1) is 8.60. The van der Waals surface area contributed by atoms with Crippen LogP contribution in [0.5, 0.6) is 0 Å². The van der Waals surface area contributed by atoms with Crippen LogP contribution in [-0.2, 0) is 0 Å². The average Bonchev–Trinajstić information content (AvgIpc) is 2.95. The van der Waals surface area contributed by atoms with E-state index in [1.54, 1.807) is 12.4 Å². The molecule has 0 aliphatic rings. The summed E-state index contributed by atoms with van der Waals surface area (Å²) in [5.74, 6) is 0.151. The zero-order valence-electron chi connectivity index (χ0n) is 10.3. The predicted molar refractivity (Wildman–Crippen MR) is 83.6 cm³/mol. The van der Waals surface area contributed by atoms with E-state index >= 15 is 0 Å². The summed E-state index contributed by atoms with van der Waals surface area (Å²) in [4.78, 5) is 26.6. The average molecular weight is 338 g/mol. The fraction of sp³-hybridized carbons (Fsp3) is 0.111. The van der Waals surface area contributed by atoms with E-state index in [1.165, 1.54) is 17.5 Å². The molecule has 0 saturated heterocycles. The van der Waals surface area contributed by atoms with Gasteiger partial charge in [0.25, 0.3) is 0 Å². The Kier molecular flexibility index (Phi) is 6.97. The summed E-state index contributed by atoms with van der Waals surface area (Å²) in [7, 11) is 1.70. The number of hydrogen-bond acceptors (Lipinski definition) is 6. The topological polar surface area (TPSA) is 135 Å². The molecule has 2 aromatic heterocycles. The third-order valence-electron chi connectivity index (χ3n) is 2.01. The molecule has 2 aromatic rings. The van der Waals surface area contributed by atoms with E-state index in [1.807, 2.05) is 0 Å². The lowest BCUT2D eigenvalue weighted by Gasteiger charge is -1.92. The van der Waals surface area contributed by atoms with E-state index < -0.39 is 0 Å². The maximum absolute atomic E-state index is 12.0. The zero-order chi connectivity index (χ0) is 13.1. The van der Waals surface area contributed by atoms with Crippen molar-refractivity contribution in [3.8, 4) is 0 Å². The van der Waals surface area contributed by atoms with Gasteiger partial charge < -0.3 is 21.8 Å². The molecule has 0 aliphatic carbocycles. The highest BCUT2D eigenvalue weighted by molar-refractivity contribution is 7.13. The van der Waals surface area contributed by atoms with Gasteiger partial charge in [-0.3, -0.25) is 4.79 Å². The fourth-order valence-electron chi connectivity index (χ4n) is 1.23. The lowest BCUT2D eigenvalue weighted by Crippen LogP contribution is -2.21. The number of carbonyl (C=O) groups is 1. The summed E-state index contributed by atoms with van der Waals surface area (Å²) in [6, 6.07) is 0. The standard InChI is InChI=1S/C9H11N7OS.2ClH/c1-12-8-13-2-4(14-8)6(17)5-3-18-9(15-5)16-7(10)11;;/h2-3H,1H3,(H2,12,13,14)(H4,10,11,15,16);2*1H. The van der Waals surface area contributed by atoms with Crippen molar-refractivity contribution in [1.29, 1.82) is 0 Å². The Bertz CT molecular complexity index is 605. The summed E-state index contributed by atoms with van der Waals surface area (Å²) in [6.07, 6.45) is 1.44. The predicted octanol–water partition coefficient (Wildman–Crippen LogP) is 0.887.